The molecular formula is C30H32Cl2N4O3. The van der Waals surface area contributed by atoms with Gasteiger partial charge in [0.1, 0.15) is 6.73 Å². The fourth-order valence-corrected chi connectivity index (χ4v) is 5.70. The van der Waals surface area contributed by atoms with Gasteiger partial charge in [-0.1, -0.05) is 65.7 Å². The third-order valence-electron chi connectivity index (χ3n) is 7.50. The number of likely N-dealkylation sites (tertiary alicyclic amines) is 1. The maximum absolute atomic E-state index is 13.3. The number of hydrogen-bond donors (Lipinski definition) is 2. The number of carbonyl (C=O) groups excluding carboxylic acids is 2. The van der Waals surface area contributed by atoms with E-state index < -0.39 is 5.41 Å². The molecule has 5 rings (SSSR count). The fourth-order valence-electron chi connectivity index (χ4n) is 5.40. The first-order chi connectivity index (χ1) is 18.9. The van der Waals surface area contributed by atoms with Crippen molar-refractivity contribution < 1.29 is 14.3 Å². The monoisotopic (exact) mass is 566 g/mol. The minimum Gasteiger partial charge on any atom is -0.360 e. The quantitative estimate of drug-likeness (QED) is 0.387. The van der Waals surface area contributed by atoms with E-state index in [2.05, 4.69) is 15.5 Å². The van der Waals surface area contributed by atoms with Crippen LogP contribution in [-0.2, 0) is 10.2 Å². The van der Waals surface area contributed by atoms with Crippen LogP contribution < -0.4 is 10.6 Å². The predicted molar refractivity (Wildman–Crippen MR) is 154 cm³/mol. The summed E-state index contributed by atoms with van der Waals surface area (Å²) in [6, 6.07) is 24.2. The Morgan fingerprint density at radius 1 is 0.974 bits per heavy atom. The van der Waals surface area contributed by atoms with Crippen molar-refractivity contribution in [2.75, 3.05) is 44.8 Å². The fraction of sp³-hybridized carbons (Fsp3) is 0.333. The van der Waals surface area contributed by atoms with Gasteiger partial charge in [-0.05, 0) is 61.3 Å². The summed E-state index contributed by atoms with van der Waals surface area (Å²) in [6.45, 7) is 3.64. The smallest absolute Gasteiger partial charge is 0.319 e. The Bertz CT molecular complexity index is 1290. The van der Waals surface area contributed by atoms with Crippen LogP contribution in [0.1, 0.15) is 28.8 Å². The number of hydrogen-bond acceptors (Lipinski definition) is 4. The second-order valence-electron chi connectivity index (χ2n) is 10.3. The van der Waals surface area contributed by atoms with Gasteiger partial charge in [-0.2, -0.15) is 0 Å². The molecule has 3 amide bonds. The molecule has 0 radical (unpaired) electrons. The lowest BCUT2D eigenvalue weighted by molar-refractivity contribution is -0.0511. The number of nitrogens with one attached hydrogen (secondary N) is 2. The minimum atomic E-state index is -0.451. The van der Waals surface area contributed by atoms with Crippen molar-refractivity contribution in [2.24, 2.45) is 0 Å². The van der Waals surface area contributed by atoms with E-state index in [0.29, 0.717) is 28.8 Å². The average molecular weight is 568 g/mol. The SMILES string of the molecule is O=C(Nc1ccccc1)NC1CCN(CCC2(c3ccc(Cl)c(Cl)c3)COCN(C(=O)c3ccccc3)C2)C1. The number of amides is 3. The Labute approximate surface area is 239 Å². The second-order valence-corrected chi connectivity index (χ2v) is 11.1. The number of para-hydroxylation sites is 1. The molecule has 2 unspecified atom stereocenters. The molecule has 204 valence electrons. The number of rotatable bonds is 7. The third kappa shape index (κ3) is 6.73. The Morgan fingerprint density at radius 2 is 1.72 bits per heavy atom. The maximum Gasteiger partial charge on any atom is 0.319 e. The highest BCUT2D eigenvalue weighted by atomic mass is 35.5. The van der Waals surface area contributed by atoms with Gasteiger partial charge in [-0.15, -0.1) is 0 Å². The molecule has 0 bridgehead atoms. The number of benzene rings is 3. The first-order valence-corrected chi connectivity index (χ1v) is 13.9. The van der Waals surface area contributed by atoms with Crippen molar-refractivity contribution in [2.45, 2.75) is 24.3 Å². The summed E-state index contributed by atoms with van der Waals surface area (Å²) in [5.74, 6) is -0.0606. The molecule has 2 aliphatic rings. The molecule has 0 aliphatic carbocycles. The topological polar surface area (TPSA) is 73.9 Å². The van der Waals surface area contributed by atoms with Crippen LogP contribution in [0.25, 0.3) is 0 Å². The van der Waals surface area contributed by atoms with Gasteiger partial charge in [0.25, 0.3) is 5.91 Å². The number of ether oxygens (including phenoxy) is 1. The summed E-state index contributed by atoms with van der Waals surface area (Å²) >= 11 is 12.7. The Balaban J connectivity index is 1.26. The molecule has 3 aromatic carbocycles. The van der Waals surface area contributed by atoms with E-state index >= 15 is 0 Å². The van der Waals surface area contributed by atoms with E-state index in [9.17, 15) is 9.59 Å². The zero-order chi connectivity index (χ0) is 27.2. The molecule has 3 aromatic rings. The van der Waals surface area contributed by atoms with E-state index in [-0.39, 0.29) is 24.7 Å². The Morgan fingerprint density at radius 3 is 2.46 bits per heavy atom. The van der Waals surface area contributed by atoms with Gasteiger partial charge in [-0.25, -0.2) is 4.79 Å². The normalized spacial score (nSPS) is 21.5. The van der Waals surface area contributed by atoms with Gasteiger partial charge in [0, 0.05) is 42.3 Å². The van der Waals surface area contributed by atoms with E-state index in [1.165, 1.54) is 0 Å². The molecule has 0 aromatic heterocycles. The molecular weight excluding hydrogens is 535 g/mol. The largest absolute Gasteiger partial charge is 0.360 e. The lowest BCUT2D eigenvalue weighted by Crippen LogP contribution is -2.53. The number of carbonyl (C=O) groups is 2. The lowest BCUT2D eigenvalue weighted by atomic mass is 9.76. The van der Waals surface area contributed by atoms with Crippen molar-refractivity contribution >= 4 is 40.8 Å². The van der Waals surface area contributed by atoms with Crippen LogP contribution in [0, 0.1) is 0 Å². The zero-order valence-electron chi connectivity index (χ0n) is 21.6. The summed E-state index contributed by atoms with van der Waals surface area (Å²) in [4.78, 5) is 29.9. The molecule has 0 saturated carbocycles. The zero-order valence-corrected chi connectivity index (χ0v) is 23.1. The number of anilines is 1. The van der Waals surface area contributed by atoms with Crippen molar-refractivity contribution in [3.63, 3.8) is 0 Å². The molecule has 7 nitrogen and oxygen atoms in total. The van der Waals surface area contributed by atoms with E-state index in [4.69, 9.17) is 27.9 Å². The standard InChI is InChI=1S/C30H32Cl2N4O3/c31-26-12-11-23(17-27(26)32)30(19-36(21-39-20-30)28(37)22-7-3-1-4-8-22)14-16-35-15-13-25(18-35)34-29(38)33-24-9-5-2-6-10-24/h1-12,17,25H,13-16,18-21H2,(H2,33,34,38). The van der Waals surface area contributed by atoms with Crippen LogP contribution in [0.5, 0.6) is 0 Å². The first kappa shape index (κ1) is 27.5. The van der Waals surface area contributed by atoms with E-state index in [1.54, 1.807) is 11.0 Å². The molecule has 2 fully saturated rings. The van der Waals surface area contributed by atoms with Crippen LogP contribution in [0.15, 0.2) is 78.9 Å². The van der Waals surface area contributed by atoms with Gasteiger partial charge in [-0.3, -0.25) is 4.79 Å². The maximum atomic E-state index is 13.3. The summed E-state index contributed by atoms with van der Waals surface area (Å²) in [5.41, 5.74) is 1.94. The summed E-state index contributed by atoms with van der Waals surface area (Å²) in [5, 5.41) is 6.95. The van der Waals surface area contributed by atoms with Crippen LogP contribution in [0.3, 0.4) is 0 Å². The summed E-state index contributed by atoms with van der Waals surface area (Å²) in [6.07, 6.45) is 1.63. The minimum absolute atomic E-state index is 0.0606. The van der Waals surface area contributed by atoms with Gasteiger partial charge < -0.3 is 25.2 Å². The predicted octanol–water partition coefficient (Wildman–Crippen LogP) is 5.65. The third-order valence-corrected chi connectivity index (χ3v) is 8.24. The molecule has 9 heteroatoms. The van der Waals surface area contributed by atoms with Gasteiger partial charge >= 0.3 is 6.03 Å². The Kier molecular flexibility index (Phi) is 8.72. The van der Waals surface area contributed by atoms with Crippen molar-refractivity contribution in [1.82, 2.24) is 15.1 Å². The lowest BCUT2D eigenvalue weighted by Gasteiger charge is -2.44. The number of nitrogens with zero attached hydrogens (tertiary/aromatic N) is 2. The molecule has 2 N–H and O–H groups in total. The summed E-state index contributed by atoms with van der Waals surface area (Å²) < 4.78 is 6.06. The highest BCUT2D eigenvalue weighted by molar-refractivity contribution is 6.42. The molecule has 2 aliphatic heterocycles. The number of halogens is 2. The van der Waals surface area contributed by atoms with Crippen LogP contribution in [-0.4, -0.2) is 67.3 Å². The average Bonchev–Trinajstić information content (AvgIpc) is 3.41. The van der Waals surface area contributed by atoms with E-state index in [1.807, 2.05) is 72.8 Å². The Hall–Kier alpha value is -3.10. The first-order valence-electron chi connectivity index (χ1n) is 13.1. The van der Waals surface area contributed by atoms with Crippen molar-refractivity contribution in [1.29, 1.82) is 0 Å². The molecule has 2 atom stereocenters. The molecule has 0 spiro atoms. The summed E-state index contributed by atoms with van der Waals surface area (Å²) in [7, 11) is 0. The molecule has 2 heterocycles. The molecule has 39 heavy (non-hydrogen) atoms. The highest BCUT2D eigenvalue weighted by Crippen LogP contribution is 2.37. The second kappa shape index (κ2) is 12.4. The van der Waals surface area contributed by atoms with Crippen molar-refractivity contribution in [3.05, 3.63) is 100 Å². The van der Waals surface area contributed by atoms with Crippen LogP contribution in [0.4, 0.5) is 10.5 Å². The van der Waals surface area contributed by atoms with Gasteiger partial charge in [0.15, 0.2) is 0 Å². The number of urea groups is 1. The van der Waals surface area contributed by atoms with E-state index in [0.717, 1.165) is 43.7 Å². The van der Waals surface area contributed by atoms with Crippen molar-refractivity contribution in [3.8, 4) is 0 Å². The molecule has 2 saturated heterocycles. The highest BCUT2D eigenvalue weighted by Gasteiger charge is 2.40. The van der Waals surface area contributed by atoms with Gasteiger partial charge in [0.2, 0.25) is 0 Å². The van der Waals surface area contributed by atoms with Crippen LogP contribution >= 0.6 is 23.2 Å². The van der Waals surface area contributed by atoms with Crippen LogP contribution in [0.2, 0.25) is 10.0 Å². The van der Waals surface area contributed by atoms with Gasteiger partial charge in [0.05, 0.1) is 16.7 Å².